The summed E-state index contributed by atoms with van der Waals surface area (Å²) in [6.07, 6.45) is 1.63. The molecule has 94 valence electrons. The summed E-state index contributed by atoms with van der Waals surface area (Å²) in [5.74, 6) is -0.315. The van der Waals surface area contributed by atoms with Crippen molar-refractivity contribution in [1.29, 1.82) is 0 Å². The first-order valence-corrected chi connectivity index (χ1v) is 5.88. The Morgan fingerprint density at radius 2 is 1.94 bits per heavy atom. The Hall–Kier alpha value is -1.39. The SMILES string of the molecule is NC(=O)CN(CCCCO)Cc1ccccc1. The number of primary amides is 1. The van der Waals surface area contributed by atoms with Gasteiger partial charge in [-0.25, -0.2) is 0 Å². The number of rotatable bonds is 8. The number of carbonyl (C=O) groups excluding carboxylic acids is 1. The highest BCUT2D eigenvalue weighted by molar-refractivity contribution is 5.75. The average Bonchev–Trinajstić information content (AvgIpc) is 2.30. The third-order valence-corrected chi connectivity index (χ3v) is 2.51. The third kappa shape index (κ3) is 6.04. The molecule has 0 bridgehead atoms. The average molecular weight is 236 g/mol. The van der Waals surface area contributed by atoms with Crippen molar-refractivity contribution < 1.29 is 9.90 Å². The second-order valence-electron chi connectivity index (χ2n) is 4.09. The van der Waals surface area contributed by atoms with Gasteiger partial charge in [-0.05, 0) is 24.9 Å². The van der Waals surface area contributed by atoms with Crippen molar-refractivity contribution in [2.45, 2.75) is 19.4 Å². The molecule has 0 aromatic heterocycles. The fraction of sp³-hybridized carbons (Fsp3) is 0.462. The Bertz CT molecular complexity index is 327. The van der Waals surface area contributed by atoms with Crippen LogP contribution in [0.5, 0.6) is 0 Å². The molecule has 0 unspecified atom stereocenters. The summed E-state index contributed by atoms with van der Waals surface area (Å²) >= 11 is 0. The predicted octanol–water partition coefficient (Wildman–Crippen LogP) is 0.746. The maximum Gasteiger partial charge on any atom is 0.231 e. The summed E-state index contributed by atoms with van der Waals surface area (Å²) in [6, 6.07) is 9.98. The fourth-order valence-electron chi connectivity index (χ4n) is 1.72. The van der Waals surface area contributed by atoms with Gasteiger partial charge in [-0.1, -0.05) is 30.3 Å². The van der Waals surface area contributed by atoms with Crippen molar-refractivity contribution in [1.82, 2.24) is 4.90 Å². The molecule has 4 nitrogen and oxygen atoms in total. The van der Waals surface area contributed by atoms with Crippen LogP contribution in [-0.2, 0) is 11.3 Å². The van der Waals surface area contributed by atoms with E-state index >= 15 is 0 Å². The maximum absolute atomic E-state index is 11.0. The van der Waals surface area contributed by atoms with Crippen LogP contribution in [-0.4, -0.2) is 35.6 Å². The van der Waals surface area contributed by atoms with Crippen molar-refractivity contribution in [2.75, 3.05) is 19.7 Å². The maximum atomic E-state index is 11.0. The minimum Gasteiger partial charge on any atom is -0.396 e. The van der Waals surface area contributed by atoms with Gasteiger partial charge in [0.25, 0.3) is 0 Å². The lowest BCUT2D eigenvalue weighted by Gasteiger charge is -2.20. The van der Waals surface area contributed by atoms with Gasteiger partial charge in [-0.3, -0.25) is 9.69 Å². The quantitative estimate of drug-likeness (QED) is 0.654. The first-order valence-electron chi connectivity index (χ1n) is 5.88. The van der Waals surface area contributed by atoms with Gasteiger partial charge < -0.3 is 10.8 Å². The van der Waals surface area contributed by atoms with Crippen LogP contribution in [0.4, 0.5) is 0 Å². The van der Waals surface area contributed by atoms with Crippen molar-refractivity contribution in [2.24, 2.45) is 5.73 Å². The van der Waals surface area contributed by atoms with Crippen LogP contribution in [0.1, 0.15) is 18.4 Å². The van der Waals surface area contributed by atoms with Gasteiger partial charge in [0.15, 0.2) is 0 Å². The van der Waals surface area contributed by atoms with Crippen LogP contribution in [0.2, 0.25) is 0 Å². The third-order valence-electron chi connectivity index (χ3n) is 2.51. The van der Waals surface area contributed by atoms with Gasteiger partial charge >= 0.3 is 0 Å². The van der Waals surface area contributed by atoms with E-state index in [9.17, 15) is 4.79 Å². The van der Waals surface area contributed by atoms with Crippen molar-refractivity contribution in [3.05, 3.63) is 35.9 Å². The van der Waals surface area contributed by atoms with Crippen molar-refractivity contribution in [3.8, 4) is 0 Å². The largest absolute Gasteiger partial charge is 0.396 e. The smallest absolute Gasteiger partial charge is 0.231 e. The Morgan fingerprint density at radius 1 is 1.24 bits per heavy atom. The molecule has 0 spiro atoms. The molecule has 3 N–H and O–H groups in total. The lowest BCUT2D eigenvalue weighted by molar-refractivity contribution is -0.119. The van der Waals surface area contributed by atoms with Crippen LogP contribution in [0.3, 0.4) is 0 Å². The molecule has 1 amide bonds. The minimum atomic E-state index is -0.315. The number of hydrogen-bond acceptors (Lipinski definition) is 3. The summed E-state index contributed by atoms with van der Waals surface area (Å²) in [4.78, 5) is 13.0. The van der Waals surface area contributed by atoms with E-state index in [1.165, 1.54) is 0 Å². The van der Waals surface area contributed by atoms with E-state index in [-0.39, 0.29) is 19.1 Å². The predicted molar refractivity (Wildman–Crippen MR) is 67.2 cm³/mol. The highest BCUT2D eigenvalue weighted by Crippen LogP contribution is 2.05. The van der Waals surface area contributed by atoms with Gasteiger partial charge in [0, 0.05) is 13.2 Å². The van der Waals surface area contributed by atoms with Gasteiger partial charge in [0.1, 0.15) is 0 Å². The fourth-order valence-corrected chi connectivity index (χ4v) is 1.72. The Kier molecular flexibility index (Phi) is 6.29. The standard InChI is InChI=1S/C13H20N2O2/c14-13(17)11-15(8-4-5-9-16)10-12-6-2-1-3-7-12/h1-3,6-7,16H,4-5,8-11H2,(H2,14,17). The highest BCUT2D eigenvalue weighted by atomic mass is 16.2. The lowest BCUT2D eigenvalue weighted by atomic mass is 10.2. The molecule has 0 radical (unpaired) electrons. The molecule has 17 heavy (non-hydrogen) atoms. The monoisotopic (exact) mass is 236 g/mol. The van der Waals surface area contributed by atoms with E-state index in [2.05, 4.69) is 0 Å². The molecule has 0 saturated carbocycles. The number of amides is 1. The molecule has 1 aromatic rings. The molecular weight excluding hydrogens is 216 g/mol. The molecule has 0 aliphatic carbocycles. The summed E-state index contributed by atoms with van der Waals surface area (Å²) in [5, 5.41) is 8.74. The van der Waals surface area contributed by atoms with E-state index in [4.69, 9.17) is 10.8 Å². The first kappa shape index (κ1) is 13.7. The van der Waals surface area contributed by atoms with E-state index in [0.29, 0.717) is 0 Å². The van der Waals surface area contributed by atoms with E-state index in [1.54, 1.807) is 0 Å². The summed E-state index contributed by atoms with van der Waals surface area (Å²) in [6.45, 7) is 1.95. The number of nitrogens with two attached hydrogens (primary N) is 1. The zero-order chi connectivity index (χ0) is 12.5. The molecule has 1 aromatic carbocycles. The van der Waals surface area contributed by atoms with Crippen LogP contribution in [0, 0.1) is 0 Å². The Morgan fingerprint density at radius 3 is 2.53 bits per heavy atom. The second-order valence-corrected chi connectivity index (χ2v) is 4.09. The van der Waals surface area contributed by atoms with Gasteiger partial charge in [-0.15, -0.1) is 0 Å². The molecule has 0 atom stereocenters. The molecular formula is C13H20N2O2. The van der Waals surface area contributed by atoms with Crippen LogP contribution in [0.15, 0.2) is 30.3 Å². The molecule has 0 aliphatic rings. The molecule has 0 fully saturated rings. The molecule has 4 heteroatoms. The number of unbranched alkanes of at least 4 members (excludes halogenated alkanes) is 1. The van der Waals surface area contributed by atoms with Crippen LogP contribution >= 0.6 is 0 Å². The summed E-state index contributed by atoms with van der Waals surface area (Å²) in [7, 11) is 0. The second kappa shape index (κ2) is 7.81. The number of carbonyl (C=O) groups is 1. The highest BCUT2D eigenvalue weighted by Gasteiger charge is 2.08. The van der Waals surface area contributed by atoms with Gasteiger partial charge in [-0.2, -0.15) is 0 Å². The number of hydrogen-bond donors (Lipinski definition) is 2. The van der Waals surface area contributed by atoms with E-state index in [1.807, 2.05) is 35.2 Å². The van der Waals surface area contributed by atoms with Crippen LogP contribution in [0.25, 0.3) is 0 Å². The van der Waals surface area contributed by atoms with Crippen molar-refractivity contribution in [3.63, 3.8) is 0 Å². The molecule has 0 aliphatic heterocycles. The minimum absolute atomic E-state index is 0.190. The topological polar surface area (TPSA) is 66.6 Å². The number of aliphatic hydroxyl groups excluding tert-OH is 1. The zero-order valence-corrected chi connectivity index (χ0v) is 10.0. The number of nitrogens with zero attached hydrogens (tertiary/aromatic N) is 1. The zero-order valence-electron chi connectivity index (χ0n) is 10.0. The molecule has 0 saturated heterocycles. The van der Waals surface area contributed by atoms with E-state index < -0.39 is 0 Å². The first-order chi connectivity index (χ1) is 8.22. The van der Waals surface area contributed by atoms with Gasteiger partial charge in [0.05, 0.1) is 6.54 Å². The van der Waals surface area contributed by atoms with E-state index in [0.717, 1.165) is 31.5 Å². The molecule has 1 rings (SSSR count). The Balaban J connectivity index is 2.48. The number of benzene rings is 1. The lowest BCUT2D eigenvalue weighted by Crippen LogP contribution is -2.34. The summed E-state index contributed by atoms with van der Waals surface area (Å²) in [5.41, 5.74) is 6.39. The number of aliphatic hydroxyl groups is 1. The van der Waals surface area contributed by atoms with Crippen molar-refractivity contribution >= 4 is 5.91 Å². The Labute approximate surface area is 102 Å². The summed E-state index contributed by atoms with van der Waals surface area (Å²) < 4.78 is 0. The van der Waals surface area contributed by atoms with Crippen LogP contribution < -0.4 is 5.73 Å². The molecule has 0 heterocycles. The van der Waals surface area contributed by atoms with Gasteiger partial charge in [0.2, 0.25) is 5.91 Å². The normalized spacial score (nSPS) is 10.7.